The van der Waals surface area contributed by atoms with Crippen molar-refractivity contribution >= 4 is 8.32 Å². The zero-order valence-corrected chi connectivity index (χ0v) is 17.0. The molecule has 1 fully saturated rings. The minimum atomic E-state index is -1.71. The van der Waals surface area contributed by atoms with Crippen molar-refractivity contribution in [2.24, 2.45) is 0 Å². The third-order valence-corrected chi connectivity index (χ3v) is 9.38. The van der Waals surface area contributed by atoms with Crippen molar-refractivity contribution in [2.75, 3.05) is 13.2 Å². The summed E-state index contributed by atoms with van der Waals surface area (Å²) in [5, 5.41) is 9.03. The summed E-state index contributed by atoms with van der Waals surface area (Å²) in [7, 11) is -1.71. The van der Waals surface area contributed by atoms with Gasteiger partial charge in [0.1, 0.15) is 0 Å². The van der Waals surface area contributed by atoms with Crippen molar-refractivity contribution in [3.8, 4) is 0 Å². The number of hydrogen-bond acceptors (Lipinski definition) is 4. The Kier molecular flexibility index (Phi) is 7.48. The van der Waals surface area contributed by atoms with Crippen LogP contribution in [0.1, 0.15) is 53.9 Å². The lowest BCUT2D eigenvalue weighted by Gasteiger charge is -2.36. The highest BCUT2D eigenvalue weighted by atomic mass is 28.4. The standard InChI is InChI=1S/C18H36O4Si/c1-17(2,3)23(6,7)20-14-12-16-15(11-9-8-10-13-19)21-18(4,5)22-16/h8,10,15-16,19H,9,11-14H2,1-7H3/b10-8+/t15-,16-/m0/s1. The Bertz CT molecular complexity index is 385. The van der Waals surface area contributed by atoms with Crippen LogP contribution in [0.3, 0.4) is 0 Å². The zero-order valence-electron chi connectivity index (χ0n) is 16.0. The molecule has 1 saturated heterocycles. The monoisotopic (exact) mass is 344 g/mol. The summed E-state index contributed by atoms with van der Waals surface area (Å²) < 4.78 is 18.4. The normalized spacial score (nSPS) is 25.4. The molecular formula is C18H36O4Si. The van der Waals surface area contributed by atoms with Gasteiger partial charge in [-0.1, -0.05) is 32.9 Å². The topological polar surface area (TPSA) is 47.9 Å². The van der Waals surface area contributed by atoms with E-state index in [1.807, 2.05) is 19.9 Å². The minimum Gasteiger partial charge on any atom is -0.417 e. The molecule has 1 aliphatic rings. The van der Waals surface area contributed by atoms with Gasteiger partial charge >= 0.3 is 0 Å². The minimum absolute atomic E-state index is 0.0808. The van der Waals surface area contributed by atoms with Gasteiger partial charge in [0.15, 0.2) is 14.1 Å². The van der Waals surface area contributed by atoms with Crippen molar-refractivity contribution in [1.29, 1.82) is 0 Å². The molecule has 136 valence electrons. The van der Waals surface area contributed by atoms with E-state index in [4.69, 9.17) is 19.0 Å². The van der Waals surface area contributed by atoms with Crippen LogP contribution in [-0.4, -0.2) is 44.6 Å². The molecule has 0 radical (unpaired) electrons. The van der Waals surface area contributed by atoms with E-state index in [1.54, 1.807) is 6.08 Å². The van der Waals surface area contributed by atoms with Gasteiger partial charge in [-0.25, -0.2) is 0 Å². The van der Waals surface area contributed by atoms with Crippen molar-refractivity contribution in [1.82, 2.24) is 0 Å². The fourth-order valence-electron chi connectivity index (χ4n) is 2.50. The second-order valence-corrected chi connectivity index (χ2v) is 13.2. The molecule has 1 rings (SSSR count). The van der Waals surface area contributed by atoms with E-state index in [0.717, 1.165) is 25.9 Å². The number of hydrogen-bond donors (Lipinski definition) is 1. The maximum Gasteiger partial charge on any atom is 0.191 e. The lowest BCUT2D eigenvalue weighted by molar-refractivity contribution is -0.147. The van der Waals surface area contributed by atoms with E-state index >= 15 is 0 Å². The number of aliphatic hydroxyl groups excluding tert-OH is 1. The van der Waals surface area contributed by atoms with Crippen LogP contribution in [0, 0.1) is 0 Å². The first-order valence-corrected chi connectivity index (χ1v) is 11.6. The van der Waals surface area contributed by atoms with Crippen LogP contribution >= 0.6 is 0 Å². The molecule has 5 heteroatoms. The summed E-state index contributed by atoms with van der Waals surface area (Å²) in [5.74, 6) is -0.521. The van der Waals surface area contributed by atoms with Gasteiger partial charge in [0.05, 0.1) is 18.8 Å². The van der Waals surface area contributed by atoms with Gasteiger partial charge in [-0.05, 0) is 51.2 Å². The molecule has 0 spiro atoms. The highest BCUT2D eigenvalue weighted by Crippen LogP contribution is 2.37. The molecule has 0 aromatic carbocycles. The smallest absolute Gasteiger partial charge is 0.191 e. The van der Waals surface area contributed by atoms with Crippen LogP contribution in [0.2, 0.25) is 18.1 Å². The number of ether oxygens (including phenoxy) is 2. The molecule has 23 heavy (non-hydrogen) atoms. The first-order valence-electron chi connectivity index (χ1n) is 8.74. The Hall–Kier alpha value is -0.203. The average molecular weight is 345 g/mol. The summed E-state index contributed by atoms with van der Waals surface area (Å²) in [6.45, 7) is 16.1. The third kappa shape index (κ3) is 6.67. The van der Waals surface area contributed by atoms with Crippen molar-refractivity contribution in [3.63, 3.8) is 0 Å². The highest BCUT2D eigenvalue weighted by molar-refractivity contribution is 6.74. The van der Waals surface area contributed by atoms with Gasteiger partial charge in [0.2, 0.25) is 0 Å². The van der Waals surface area contributed by atoms with Gasteiger partial charge in [-0.15, -0.1) is 0 Å². The molecular weight excluding hydrogens is 308 g/mol. The van der Waals surface area contributed by atoms with Gasteiger partial charge < -0.3 is 19.0 Å². The second kappa shape index (κ2) is 8.25. The molecule has 0 saturated carbocycles. The zero-order chi connectivity index (χ0) is 17.7. The Balaban J connectivity index is 2.50. The molecule has 0 aliphatic carbocycles. The molecule has 1 N–H and O–H groups in total. The van der Waals surface area contributed by atoms with E-state index in [-0.39, 0.29) is 23.9 Å². The fraction of sp³-hybridized carbons (Fsp3) is 0.889. The van der Waals surface area contributed by atoms with E-state index in [0.29, 0.717) is 0 Å². The molecule has 0 bridgehead atoms. The third-order valence-electron chi connectivity index (χ3n) is 4.85. The van der Waals surface area contributed by atoms with Gasteiger partial charge in [-0.2, -0.15) is 0 Å². The number of aliphatic hydroxyl groups is 1. The van der Waals surface area contributed by atoms with Crippen molar-refractivity contribution in [2.45, 2.75) is 90.0 Å². The van der Waals surface area contributed by atoms with E-state index in [9.17, 15) is 0 Å². The lowest BCUT2D eigenvalue weighted by Crippen LogP contribution is -2.41. The molecule has 2 atom stereocenters. The molecule has 4 nitrogen and oxygen atoms in total. The van der Waals surface area contributed by atoms with Crippen molar-refractivity contribution < 1.29 is 19.0 Å². The Labute approximate surface area is 143 Å². The summed E-state index contributed by atoms with van der Waals surface area (Å²) in [6.07, 6.45) is 6.61. The number of rotatable bonds is 8. The quantitative estimate of drug-likeness (QED) is 0.528. The van der Waals surface area contributed by atoms with Crippen LogP contribution in [-0.2, 0) is 13.9 Å². The SMILES string of the molecule is CC1(C)O[C@@H](CC/C=C/CO)[C@H](CCO[Si](C)(C)C(C)(C)C)O1. The van der Waals surface area contributed by atoms with Crippen molar-refractivity contribution in [3.05, 3.63) is 12.2 Å². The largest absolute Gasteiger partial charge is 0.417 e. The number of allylic oxidation sites excluding steroid dienone is 1. The van der Waals surface area contributed by atoms with Crippen LogP contribution < -0.4 is 0 Å². The van der Waals surface area contributed by atoms with Crippen LogP contribution in [0.15, 0.2) is 12.2 Å². The summed E-state index contributed by atoms with van der Waals surface area (Å²) >= 11 is 0. The van der Waals surface area contributed by atoms with Crippen LogP contribution in [0.4, 0.5) is 0 Å². The summed E-state index contributed by atoms with van der Waals surface area (Å²) in [6, 6.07) is 0. The van der Waals surface area contributed by atoms with E-state index in [2.05, 4.69) is 33.9 Å². The Morgan fingerprint density at radius 3 is 2.17 bits per heavy atom. The maximum absolute atomic E-state index is 8.80. The van der Waals surface area contributed by atoms with E-state index < -0.39 is 14.1 Å². The maximum atomic E-state index is 8.80. The predicted molar refractivity (Wildman–Crippen MR) is 97.1 cm³/mol. The molecule has 0 unspecified atom stereocenters. The lowest BCUT2D eigenvalue weighted by atomic mass is 10.1. The summed E-state index contributed by atoms with van der Waals surface area (Å²) in [5.41, 5.74) is 0. The van der Waals surface area contributed by atoms with Crippen LogP contribution in [0.5, 0.6) is 0 Å². The van der Waals surface area contributed by atoms with Gasteiger partial charge in [0.25, 0.3) is 0 Å². The Morgan fingerprint density at radius 2 is 1.65 bits per heavy atom. The second-order valence-electron chi connectivity index (χ2n) is 8.34. The fourth-order valence-corrected chi connectivity index (χ4v) is 3.56. The first-order chi connectivity index (χ1) is 10.5. The van der Waals surface area contributed by atoms with Gasteiger partial charge in [-0.3, -0.25) is 0 Å². The van der Waals surface area contributed by atoms with E-state index in [1.165, 1.54) is 0 Å². The predicted octanol–water partition coefficient (Wildman–Crippen LogP) is 4.25. The Morgan fingerprint density at radius 1 is 1.09 bits per heavy atom. The summed E-state index contributed by atoms with van der Waals surface area (Å²) in [4.78, 5) is 0. The van der Waals surface area contributed by atoms with Gasteiger partial charge in [0, 0.05) is 6.61 Å². The highest BCUT2D eigenvalue weighted by Gasteiger charge is 2.41. The van der Waals surface area contributed by atoms with Crippen LogP contribution in [0.25, 0.3) is 0 Å². The first kappa shape index (κ1) is 20.8. The molecule has 0 aromatic heterocycles. The molecule has 0 amide bonds. The molecule has 1 heterocycles. The molecule has 0 aromatic rings. The molecule has 1 aliphatic heterocycles. The average Bonchev–Trinajstić information content (AvgIpc) is 2.68.